The van der Waals surface area contributed by atoms with Crippen LogP contribution in [0.2, 0.25) is 0 Å². The number of esters is 1. The fourth-order valence-corrected chi connectivity index (χ4v) is 4.05. The van der Waals surface area contributed by atoms with E-state index in [9.17, 15) is 19.2 Å². The summed E-state index contributed by atoms with van der Waals surface area (Å²) in [5.41, 5.74) is 0.391. The fraction of sp³-hybridized carbons (Fsp3) is 0.455. The van der Waals surface area contributed by atoms with Crippen molar-refractivity contribution < 1.29 is 23.9 Å². The normalized spacial score (nSPS) is 19.9. The van der Waals surface area contributed by atoms with Gasteiger partial charge in [0.25, 0.3) is 5.91 Å². The number of hydrogen-bond acceptors (Lipinski definition) is 5. The van der Waals surface area contributed by atoms with Crippen molar-refractivity contribution in [2.24, 2.45) is 5.92 Å². The van der Waals surface area contributed by atoms with Crippen molar-refractivity contribution >= 4 is 29.4 Å². The van der Waals surface area contributed by atoms with E-state index < -0.39 is 17.9 Å². The van der Waals surface area contributed by atoms with Gasteiger partial charge in [0.05, 0.1) is 12.1 Å². The van der Waals surface area contributed by atoms with Crippen molar-refractivity contribution in [3.8, 4) is 5.75 Å². The van der Waals surface area contributed by atoms with Gasteiger partial charge in [-0.25, -0.2) is 4.90 Å². The van der Waals surface area contributed by atoms with Crippen LogP contribution in [-0.2, 0) is 19.2 Å². The molecular weight excluding hydrogens is 372 g/mol. The molecule has 1 aromatic rings. The molecule has 7 heteroatoms. The molecule has 1 saturated carbocycles. The molecule has 1 saturated heterocycles. The number of nitrogens with zero attached hydrogens (tertiary/aromatic N) is 2. The number of ether oxygens (including phenoxy) is 1. The zero-order valence-corrected chi connectivity index (χ0v) is 16.6. The Bertz CT molecular complexity index is 811. The van der Waals surface area contributed by atoms with E-state index in [1.165, 1.54) is 24.0 Å². The highest BCUT2D eigenvalue weighted by Crippen LogP contribution is 2.31. The Hall–Kier alpha value is -2.96. The van der Waals surface area contributed by atoms with E-state index in [1.807, 2.05) is 0 Å². The lowest BCUT2D eigenvalue weighted by Crippen LogP contribution is -2.48. The Labute approximate surface area is 170 Å². The predicted molar refractivity (Wildman–Crippen MR) is 107 cm³/mol. The van der Waals surface area contributed by atoms with Crippen LogP contribution >= 0.6 is 0 Å². The second kappa shape index (κ2) is 9.03. The third-order valence-corrected chi connectivity index (χ3v) is 5.42. The molecule has 2 fully saturated rings. The van der Waals surface area contributed by atoms with E-state index in [2.05, 4.69) is 6.58 Å². The van der Waals surface area contributed by atoms with Crippen molar-refractivity contribution in [2.45, 2.75) is 51.5 Å². The molecular formula is C22H26N2O5. The van der Waals surface area contributed by atoms with E-state index >= 15 is 0 Å². The first-order valence-electron chi connectivity index (χ1n) is 9.99. The van der Waals surface area contributed by atoms with Crippen molar-refractivity contribution in [1.82, 2.24) is 4.90 Å². The molecule has 1 aliphatic carbocycles. The van der Waals surface area contributed by atoms with Gasteiger partial charge in [0.1, 0.15) is 11.8 Å². The molecule has 7 nitrogen and oxygen atoms in total. The molecule has 0 spiro atoms. The van der Waals surface area contributed by atoms with Crippen LogP contribution in [-0.4, -0.2) is 41.2 Å². The maximum absolute atomic E-state index is 13.1. The number of rotatable bonds is 6. The Morgan fingerprint density at radius 1 is 1.17 bits per heavy atom. The van der Waals surface area contributed by atoms with Gasteiger partial charge in [-0.1, -0.05) is 25.3 Å². The Morgan fingerprint density at radius 3 is 2.41 bits per heavy atom. The van der Waals surface area contributed by atoms with E-state index in [0.717, 1.165) is 37.0 Å². The Morgan fingerprint density at radius 2 is 1.83 bits per heavy atom. The zero-order chi connectivity index (χ0) is 21.0. The smallest absolute Gasteiger partial charge is 0.308 e. The third-order valence-electron chi connectivity index (χ3n) is 5.42. The van der Waals surface area contributed by atoms with Gasteiger partial charge < -0.3 is 9.64 Å². The molecule has 3 amide bonds. The molecule has 154 valence electrons. The van der Waals surface area contributed by atoms with Crippen molar-refractivity contribution in [3.63, 3.8) is 0 Å². The maximum Gasteiger partial charge on any atom is 0.308 e. The van der Waals surface area contributed by atoms with Gasteiger partial charge in [-0.05, 0) is 37.1 Å². The molecule has 1 aliphatic heterocycles. The van der Waals surface area contributed by atoms with Crippen LogP contribution in [0.3, 0.4) is 0 Å². The van der Waals surface area contributed by atoms with E-state index in [-0.39, 0.29) is 30.7 Å². The highest BCUT2D eigenvalue weighted by atomic mass is 16.5. The average molecular weight is 398 g/mol. The largest absolute Gasteiger partial charge is 0.427 e. The number of benzene rings is 1. The topological polar surface area (TPSA) is 84.0 Å². The highest BCUT2D eigenvalue weighted by molar-refractivity contribution is 6.23. The third kappa shape index (κ3) is 4.55. The molecule has 29 heavy (non-hydrogen) atoms. The summed E-state index contributed by atoms with van der Waals surface area (Å²) in [6.45, 7) is 5.24. The van der Waals surface area contributed by atoms with Gasteiger partial charge in [-0.2, -0.15) is 0 Å². The minimum Gasteiger partial charge on any atom is -0.427 e. The van der Waals surface area contributed by atoms with Gasteiger partial charge in [-0.3, -0.25) is 19.2 Å². The quantitative estimate of drug-likeness (QED) is 0.318. The van der Waals surface area contributed by atoms with Gasteiger partial charge in [0.2, 0.25) is 11.8 Å². The number of carbonyl (C=O) groups is 4. The molecule has 2 aliphatic rings. The first-order valence-corrected chi connectivity index (χ1v) is 9.99. The second-order valence-corrected chi connectivity index (χ2v) is 7.49. The summed E-state index contributed by atoms with van der Waals surface area (Å²) >= 11 is 0. The number of imide groups is 1. The van der Waals surface area contributed by atoms with E-state index in [1.54, 1.807) is 18.2 Å². The number of amides is 3. The van der Waals surface area contributed by atoms with Crippen LogP contribution in [0.1, 0.15) is 45.4 Å². The van der Waals surface area contributed by atoms with Crippen LogP contribution in [0, 0.1) is 5.92 Å². The second-order valence-electron chi connectivity index (χ2n) is 7.49. The summed E-state index contributed by atoms with van der Waals surface area (Å²) in [4.78, 5) is 52.4. The number of carbonyl (C=O) groups excluding carboxylic acids is 4. The number of anilines is 1. The summed E-state index contributed by atoms with van der Waals surface area (Å²) in [5, 5.41) is 0. The van der Waals surface area contributed by atoms with E-state index in [0.29, 0.717) is 11.4 Å². The summed E-state index contributed by atoms with van der Waals surface area (Å²) in [6.07, 6.45) is 6.34. The lowest BCUT2D eigenvalue weighted by molar-refractivity contribution is -0.142. The van der Waals surface area contributed by atoms with Gasteiger partial charge >= 0.3 is 5.97 Å². The Balaban J connectivity index is 1.79. The van der Waals surface area contributed by atoms with Crippen LogP contribution < -0.4 is 9.64 Å². The molecule has 3 rings (SSSR count). The zero-order valence-electron chi connectivity index (χ0n) is 16.6. The molecule has 1 unspecified atom stereocenters. The molecule has 1 heterocycles. The van der Waals surface area contributed by atoms with Crippen LogP contribution in [0.15, 0.2) is 36.9 Å². The molecule has 0 radical (unpaired) electrons. The Kier molecular flexibility index (Phi) is 6.46. The minimum atomic E-state index is -0.817. The van der Waals surface area contributed by atoms with Crippen molar-refractivity contribution in [1.29, 1.82) is 0 Å². The fourth-order valence-electron chi connectivity index (χ4n) is 4.05. The summed E-state index contributed by atoms with van der Waals surface area (Å²) in [6, 6.07) is 5.34. The summed E-state index contributed by atoms with van der Waals surface area (Å²) in [7, 11) is 0. The summed E-state index contributed by atoms with van der Waals surface area (Å²) in [5.74, 6) is -1.05. The van der Waals surface area contributed by atoms with Crippen LogP contribution in [0.5, 0.6) is 5.75 Å². The molecule has 0 N–H and O–H groups in total. The lowest BCUT2D eigenvalue weighted by atomic mass is 9.88. The predicted octanol–water partition coefficient (Wildman–Crippen LogP) is 2.84. The van der Waals surface area contributed by atoms with Gasteiger partial charge in [0.15, 0.2) is 0 Å². The van der Waals surface area contributed by atoms with Crippen LogP contribution in [0.25, 0.3) is 0 Å². The monoisotopic (exact) mass is 398 g/mol. The maximum atomic E-state index is 13.1. The molecule has 1 aromatic carbocycles. The molecule has 0 aromatic heterocycles. The average Bonchev–Trinajstić information content (AvgIpc) is 3.00. The molecule has 1 atom stereocenters. The minimum absolute atomic E-state index is 0.0448. The highest BCUT2D eigenvalue weighted by Gasteiger charge is 2.45. The van der Waals surface area contributed by atoms with Crippen molar-refractivity contribution in [2.75, 3.05) is 11.4 Å². The lowest BCUT2D eigenvalue weighted by Gasteiger charge is -2.31. The van der Waals surface area contributed by atoms with Crippen LogP contribution in [0.4, 0.5) is 5.69 Å². The first-order chi connectivity index (χ1) is 13.9. The van der Waals surface area contributed by atoms with E-state index in [4.69, 9.17) is 4.74 Å². The molecule has 0 bridgehead atoms. The number of hydrogen-bond donors (Lipinski definition) is 0. The SMILES string of the molecule is C=CCN(C(=O)C1CCCCC1)C1CC(=O)N(c2ccc(OC(C)=O)cc2)C1=O. The first kappa shape index (κ1) is 20.8. The van der Waals surface area contributed by atoms with Gasteiger partial charge in [-0.15, -0.1) is 6.58 Å². The standard InChI is InChI=1S/C22H26N2O5/c1-3-13-23(21(27)16-7-5-4-6-8-16)19-14-20(26)24(22(19)28)17-9-11-18(12-10-17)29-15(2)25/h3,9-12,16,19H,1,4-8,13-14H2,2H3. The van der Waals surface area contributed by atoms with Crippen molar-refractivity contribution in [3.05, 3.63) is 36.9 Å². The summed E-state index contributed by atoms with van der Waals surface area (Å²) < 4.78 is 4.98. The van der Waals surface area contributed by atoms with Gasteiger partial charge in [0, 0.05) is 19.4 Å².